The van der Waals surface area contributed by atoms with Crippen LogP contribution in [-0.4, -0.2) is 19.5 Å². The molecule has 10 aromatic rings. The van der Waals surface area contributed by atoms with Crippen LogP contribution in [0, 0.1) is 0 Å². The number of para-hydroxylation sites is 1. The minimum atomic E-state index is 0.596. The first-order chi connectivity index (χ1) is 24.3. The molecule has 2 heterocycles. The largest absolute Gasteiger partial charge is 0.278 e. The van der Waals surface area contributed by atoms with Crippen LogP contribution in [0.4, 0.5) is 0 Å². The summed E-state index contributed by atoms with van der Waals surface area (Å²) in [5.41, 5.74) is 6.42. The van der Waals surface area contributed by atoms with Crippen molar-refractivity contribution in [2.24, 2.45) is 0 Å². The highest BCUT2D eigenvalue weighted by molar-refractivity contribution is 6.21. The number of fused-ring (bicyclic) bond motifs is 8. The Bertz CT molecular complexity index is 2820. The molecule has 49 heavy (non-hydrogen) atoms. The monoisotopic (exact) mass is 624 g/mol. The van der Waals surface area contributed by atoms with E-state index in [1.165, 1.54) is 48.8 Å². The molecular weight excluding hydrogens is 597 g/mol. The Labute approximate surface area is 282 Å². The number of aromatic nitrogens is 4. The van der Waals surface area contributed by atoms with Crippen molar-refractivity contribution >= 4 is 54.1 Å². The SMILES string of the molecule is c1ccc(-c2nc(-c3ccccc3)nc(-n3c4ccccc4c4c5ccc(-c6ccc7c(ccc8ccccc87)c6)cc5ccc43)n2)cc1. The molecule has 10 rings (SSSR count). The van der Waals surface area contributed by atoms with Crippen molar-refractivity contribution < 1.29 is 0 Å². The molecule has 0 saturated carbocycles. The maximum absolute atomic E-state index is 5.09. The molecule has 0 atom stereocenters. The fourth-order valence-corrected chi connectivity index (χ4v) is 7.28. The zero-order chi connectivity index (χ0) is 32.3. The Kier molecular flexibility index (Phi) is 6.15. The van der Waals surface area contributed by atoms with Gasteiger partial charge in [-0.15, -0.1) is 0 Å². The van der Waals surface area contributed by atoms with E-state index in [9.17, 15) is 0 Å². The van der Waals surface area contributed by atoms with Crippen LogP contribution in [0.5, 0.6) is 0 Å². The number of hydrogen-bond donors (Lipinski definition) is 0. The van der Waals surface area contributed by atoms with Crippen LogP contribution in [0.1, 0.15) is 0 Å². The third-order valence-corrected chi connectivity index (χ3v) is 9.62. The maximum Gasteiger partial charge on any atom is 0.238 e. The van der Waals surface area contributed by atoms with Gasteiger partial charge in [-0.2, -0.15) is 9.97 Å². The molecule has 0 N–H and O–H groups in total. The molecule has 0 aliphatic carbocycles. The second-order valence-electron chi connectivity index (χ2n) is 12.5. The minimum absolute atomic E-state index is 0.596. The van der Waals surface area contributed by atoms with E-state index in [-0.39, 0.29) is 0 Å². The topological polar surface area (TPSA) is 43.6 Å². The zero-order valence-electron chi connectivity index (χ0n) is 26.5. The first-order valence-corrected chi connectivity index (χ1v) is 16.5. The molecule has 0 saturated heterocycles. The number of hydrogen-bond acceptors (Lipinski definition) is 3. The fraction of sp³-hybridized carbons (Fsp3) is 0. The predicted molar refractivity (Wildman–Crippen MR) is 203 cm³/mol. The van der Waals surface area contributed by atoms with Gasteiger partial charge >= 0.3 is 0 Å². The van der Waals surface area contributed by atoms with Crippen LogP contribution < -0.4 is 0 Å². The van der Waals surface area contributed by atoms with E-state index >= 15 is 0 Å². The lowest BCUT2D eigenvalue weighted by molar-refractivity contribution is 0.953. The van der Waals surface area contributed by atoms with E-state index < -0.39 is 0 Å². The van der Waals surface area contributed by atoms with Gasteiger partial charge in [-0.25, -0.2) is 4.98 Å². The summed E-state index contributed by atoms with van der Waals surface area (Å²) in [7, 11) is 0. The summed E-state index contributed by atoms with van der Waals surface area (Å²) in [5, 5.41) is 9.82. The Hall–Kier alpha value is -6.65. The summed E-state index contributed by atoms with van der Waals surface area (Å²) in [5.74, 6) is 1.88. The Morgan fingerprint density at radius 2 is 0.857 bits per heavy atom. The van der Waals surface area contributed by atoms with Crippen LogP contribution in [0.2, 0.25) is 0 Å². The van der Waals surface area contributed by atoms with Gasteiger partial charge in [0.2, 0.25) is 5.95 Å². The van der Waals surface area contributed by atoms with Crippen LogP contribution in [0.25, 0.3) is 94.0 Å². The van der Waals surface area contributed by atoms with Gasteiger partial charge in [0.15, 0.2) is 11.6 Å². The third-order valence-electron chi connectivity index (χ3n) is 9.62. The number of rotatable bonds is 4. The number of benzene rings is 8. The second kappa shape index (κ2) is 11.0. The summed E-state index contributed by atoms with van der Waals surface area (Å²) in [4.78, 5) is 15.1. The summed E-state index contributed by atoms with van der Waals surface area (Å²) < 4.78 is 2.19. The van der Waals surface area contributed by atoms with Crippen LogP contribution in [0.15, 0.2) is 170 Å². The maximum atomic E-state index is 5.09. The molecule has 228 valence electrons. The van der Waals surface area contributed by atoms with Crippen LogP contribution in [0.3, 0.4) is 0 Å². The van der Waals surface area contributed by atoms with Crippen molar-refractivity contribution in [3.05, 3.63) is 170 Å². The first-order valence-electron chi connectivity index (χ1n) is 16.5. The molecule has 2 aromatic heterocycles. The summed E-state index contributed by atoms with van der Waals surface area (Å²) in [6.07, 6.45) is 0. The average Bonchev–Trinajstić information content (AvgIpc) is 3.53. The molecule has 0 amide bonds. The number of nitrogens with zero attached hydrogens (tertiary/aromatic N) is 4. The molecular formula is C45H28N4. The van der Waals surface area contributed by atoms with Crippen molar-refractivity contribution in [1.29, 1.82) is 0 Å². The van der Waals surface area contributed by atoms with Gasteiger partial charge < -0.3 is 0 Å². The molecule has 0 spiro atoms. The molecule has 4 nitrogen and oxygen atoms in total. The Morgan fingerprint density at radius 1 is 0.327 bits per heavy atom. The fourth-order valence-electron chi connectivity index (χ4n) is 7.28. The van der Waals surface area contributed by atoms with E-state index in [4.69, 9.17) is 15.0 Å². The zero-order valence-corrected chi connectivity index (χ0v) is 26.5. The smallest absolute Gasteiger partial charge is 0.238 e. The van der Waals surface area contributed by atoms with Crippen molar-refractivity contribution in [3.63, 3.8) is 0 Å². The Balaban J connectivity index is 1.17. The highest BCUT2D eigenvalue weighted by Crippen LogP contribution is 2.38. The molecule has 4 heteroatoms. The van der Waals surface area contributed by atoms with E-state index in [1.807, 2.05) is 60.7 Å². The van der Waals surface area contributed by atoms with Gasteiger partial charge in [-0.1, -0.05) is 146 Å². The van der Waals surface area contributed by atoms with E-state index in [1.54, 1.807) is 0 Å². The van der Waals surface area contributed by atoms with Crippen LogP contribution in [-0.2, 0) is 0 Å². The standard InChI is InChI=1S/C45H28N4/c1-3-12-30(13-4-1)43-46-44(31-14-5-2-6-15-31)48-45(47-43)49-40-18-10-9-17-39(40)42-38-25-22-33(28-35(38)23-26-41(42)49)32-21-24-37-34(27-32)20-19-29-11-7-8-16-36(29)37/h1-28H. The van der Waals surface area contributed by atoms with E-state index in [0.717, 1.165) is 27.5 Å². The second-order valence-corrected chi connectivity index (χ2v) is 12.5. The van der Waals surface area contributed by atoms with Gasteiger partial charge in [-0.05, 0) is 67.7 Å². The molecule has 0 aliphatic heterocycles. The lowest BCUT2D eigenvalue weighted by Gasteiger charge is -2.11. The molecule has 0 unspecified atom stereocenters. The molecule has 0 bridgehead atoms. The van der Waals surface area contributed by atoms with Crippen molar-refractivity contribution in [1.82, 2.24) is 19.5 Å². The van der Waals surface area contributed by atoms with E-state index in [0.29, 0.717) is 17.6 Å². The summed E-state index contributed by atoms with van der Waals surface area (Å²) in [6.45, 7) is 0. The van der Waals surface area contributed by atoms with Gasteiger partial charge in [0.25, 0.3) is 0 Å². The van der Waals surface area contributed by atoms with Gasteiger partial charge in [0, 0.05) is 21.9 Å². The molecule has 8 aromatic carbocycles. The highest BCUT2D eigenvalue weighted by Gasteiger charge is 2.19. The summed E-state index contributed by atoms with van der Waals surface area (Å²) in [6, 6.07) is 59.9. The quantitative estimate of drug-likeness (QED) is 0.183. The highest BCUT2D eigenvalue weighted by atomic mass is 15.2. The Morgan fingerprint density at radius 3 is 1.57 bits per heavy atom. The van der Waals surface area contributed by atoms with Gasteiger partial charge in [0.1, 0.15) is 0 Å². The molecule has 0 aliphatic rings. The summed E-state index contributed by atoms with van der Waals surface area (Å²) >= 11 is 0. The normalized spacial score (nSPS) is 11.7. The van der Waals surface area contributed by atoms with Gasteiger partial charge in [0.05, 0.1) is 11.0 Å². The predicted octanol–water partition coefficient (Wildman–Crippen LogP) is 11.4. The van der Waals surface area contributed by atoms with Crippen molar-refractivity contribution in [2.45, 2.75) is 0 Å². The van der Waals surface area contributed by atoms with E-state index in [2.05, 4.69) is 114 Å². The third kappa shape index (κ3) is 4.49. The van der Waals surface area contributed by atoms with Crippen molar-refractivity contribution in [3.8, 4) is 39.9 Å². The molecule has 0 fully saturated rings. The molecule has 0 radical (unpaired) electrons. The van der Waals surface area contributed by atoms with Crippen LogP contribution >= 0.6 is 0 Å². The minimum Gasteiger partial charge on any atom is -0.278 e. The van der Waals surface area contributed by atoms with Gasteiger partial charge in [-0.3, -0.25) is 4.57 Å². The first kappa shape index (κ1) is 27.5. The van der Waals surface area contributed by atoms with Crippen molar-refractivity contribution in [2.75, 3.05) is 0 Å². The average molecular weight is 625 g/mol. The lowest BCUT2D eigenvalue weighted by Crippen LogP contribution is -2.06. The lowest BCUT2D eigenvalue weighted by atomic mass is 9.95.